The first-order valence-corrected chi connectivity index (χ1v) is 12.4. The van der Waals surface area contributed by atoms with Crippen LogP contribution in [0.5, 0.6) is 0 Å². The number of aliphatic hydroxyl groups is 1. The summed E-state index contributed by atoms with van der Waals surface area (Å²) in [5, 5.41) is 10.8. The Morgan fingerprint density at radius 2 is 1.92 bits per heavy atom. The predicted molar refractivity (Wildman–Crippen MR) is 144 cm³/mol. The van der Waals surface area contributed by atoms with E-state index in [1.807, 2.05) is 40.7 Å². The maximum Gasteiger partial charge on any atom is 0.276 e. The highest BCUT2D eigenvalue weighted by Crippen LogP contribution is 2.40. The van der Waals surface area contributed by atoms with Gasteiger partial charge in [-0.2, -0.15) is 4.98 Å². The minimum absolute atomic E-state index is 0.0453. The van der Waals surface area contributed by atoms with Gasteiger partial charge in [0.15, 0.2) is 0 Å². The number of hydrogen-bond acceptors (Lipinski definition) is 7. The van der Waals surface area contributed by atoms with Gasteiger partial charge in [-0.15, -0.1) is 0 Å². The summed E-state index contributed by atoms with van der Waals surface area (Å²) < 4.78 is 1.89. The number of anilines is 4. The van der Waals surface area contributed by atoms with Gasteiger partial charge in [0, 0.05) is 44.9 Å². The Hall–Kier alpha value is -3.72. The van der Waals surface area contributed by atoms with E-state index in [0.717, 1.165) is 55.1 Å². The largest absolute Gasteiger partial charge is 0.400 e. The van der Waals surface area contributed by atoms with Crippen molar-refractivity contribution in [3.63, 3.8) is 0 Å². The van der Waals surface area contributed by atoms with E-state index in [9.17, 15) is 9.59 Å². The molecule has 2 aliphatic rings. The monoisotopic (exact) mass is 490 g/mol. The van der Waals surface area contributed by atoms with Crippen LogP contribution in [-0.2, 0) is 4.79 Å². The second-order valence-corrected chi connectivity index (χ2v) is 9.01. The molecule has 1 aliphatic carbocycles. The predicted octanol–water partition coefficient (Wildman–Crippen LogP) is 3.93. The zero-order valence-corrected chi connectivity index (χ0v) is 21.2. The van der Waals surface area contributed by atoms with Crippen LogP contribution in [0, 0.1) is 6.92 Å². The van der Waals surface area contributed by atoms with Crippen molar-refractivity contribution in [2.24, 2.45) is 0 Å². The highest BCUT2D eigenvalue weighted by atomic mass is 16.2. The Labute approximate surface area is 211 Å². The van der Waals surface area contributed by atoms with Gasteiger partial charge < -0.3 is 20.2 Å². The Balaban J connectivity index is 0.00000148. The van der Waals surface area contributed by atoms with Crippen molar-refractivity contribution in [3.05, 3.63) is 59.0 Å². The van der Waals surface area contributed by atoms with Crippen LogP contribution >= 0.6 is 0 Å². The third kappa shape index (κ3) is 4.46. The zero-order valence-electron chi connectivity index (χ0n) is 21.2. The molecule has 1 aromatic carbocycles. The molecule has 0 spiro atoms. The molecule has 1 saturated carbocycles. The summed E-state index contributed by atoms with van der Waals surface area (Å²) >= 11 is 0. The number of rotatable bonds is 4. The summed E-state index contributed by atoms with van der Waals surface area (Å²) in [4.78, 5) is 39.6. The molecule has 190 valence electrons. The second kappa shape index (κ2) is 10.9. The van der Waals surface area contributed by atoms with E-state index < -0.39 is 0 Å². The van der Waals surface area contributed by atoms with Crippen LogP contribution in [0.2, 0.25) is 0 Å². The number of aliphatic hydroxyl groups excluding tert-OH is 1. The quantitative estimate of drug-likeness (QED) is 0.534. The van der Waals surface area contributed by atoms with Gasteiger partial charge in [0.1, 0.15) is 11.3 Å². The SMILES string of the molecule is C=CC(=O)N1CCN(c2cc3cnc(NC)nc3n(C3CCCCC3)c2=O)c2cccc(C)c21.CO. The van der Waals surface area contributed by atoms with Crippen molar-refractivity contribution in [1.29, 1.82) is 0 Å². The van der Waals surface area contributed by atoms with Crippen LogP contribution in [0.25, 0.3) is 11.0 Å². The molecule has 0 unspecified atom stereocenters. The lowest BCUT2D eigenvalue weighted by Gasteiger charge is -2.38. The van der Waals surface area contributed by atoms with Crippen LogP contribution in [0.1, 0.15) is 43.7 Å². The van der Waals surface area contributed by atoms with Crippen molar-refractivity contribution >= 4 is 40.0 Å². The lowest BCUT2D eigenvalue weighted by Crippen LogP contribution is -2.44. The summed E-state index contributed by atoms with van der Waals surface area (Å²) in [7, 11) is 2.78. The second-order valence-electron chi connectivity index (χ2n) is 9.01. The minimum atomic E-state index is -0.138. The van der Waals surface area contributed by atoms with E-state index in [0.29, 0.717) is 30.4 Å². The van der Waals surface area contributed by atoms with Crippen LogP contribution in [0.4, 0.5) is 23.0 Å². The van der Waals surface area contributed by atoms with E-state index in [4.69, 9.17) is 5.11 Å². The number of carbonyl (C=O) groups excluding carboxylic acids is 1. The van der Waals surface area contributed by atoms with Crippen molar-refractivity contribution in [2.45, 2.75) is 45.1 Å². The van der Waals surface area contributed by atoms with Crippen LogP contribution < -0.4 is 20.7 Å². The number of aryl methyl sites for hydroxylation is 1. The molecular weight excluding hydrogens is 456 g/mol. The number of carbonyl (C=O) groups is 1. The number of hydrogen-bond donors (Lipinski definition) is 2. The van der Waals surface area contributed by atoms with Crippen molar-refractivity contribution < 1.29 is 9.90 Å². The standard InChI is InChI=1S/C26H30N6O2.CH4O/c1-4-22(33)31-14-13-30(20-12-8-9-17(2)23(20)31)21-15-18-16-28-26(27-3)29-24(18)32(25(21)34)19-10-6-5-7-11-19;1-2/h4,8-9,12,15-16,19H,1,5-7,10-11,13-14H2,2-3H3,(H,27,28,29);2H,1H3. The third-order valence-corrected chi connectivity index (χ3v) is 6.97. The molecule has 2 N–H and O–H groups in total. The average Bonchev–Trinajstić information content (AvgIpc) is 2.93. The minimum Gasteiger partial charge on any atom is -0.400 e. The van der Waals surface area contributed by atoms with E-state index in [1.165, 1.54) is 12.5 Å². The van der Waals surface area contributed by atoms with Gasteiger partial charge in [-0.05, 0) is 43.5 Å². The van der Waals surface area contributed by atoms with E-state index in [-0.39, 0.29) is 17.5 Å². The molecule has 3 aromatic rings. The first-order chi connectivity index (χ1) is 17.5. The van der Waals surface area contributed by atoms with Crippen LogP contribution in [-0.4, -0.2) is 52.8 Å². The molecule has 9 heteroatoms. The number of aromatic nitrogens is 3. The number of benzene rings is 1. The number of nitrogens with zero attached hydrogens (tertiary/aromatic N) is 5. The molecule has 1 fully saturated rings. The molecule has 9 nitrogen and oxygen atoms in total. The van der Waals surface area contributed by atoms with E-state index in [1.54, 1.807) is 18.1 Å². The fraction of sp³-hybridized carbons (Fsp3) is 0.407. The molecule has 0 radical (unpaired) electrons. The smallest absolute Gasteiger partial charge is 0.276 e. The Morgan fingerprint density at radius 1 is 1.17 bits per heavy atom. The number of para-hydroxylation sites is 1. The van der Waals surface area contributed by atoms with Gasteiger partial charge in [-0.25, -0.2) is 4.98 Å². The van der Waals surface area contributed by atoms with Gasteiger partial charge >= 0.3 is 0 Å². The lowest BCUT2D eigenvalue weighted by atomic mass is 9.95. The third-order valence-electron chi connectivity index (χ3n) is 6.97. The topological polar surface area (TPSA) is 104 Å². The zero-order chi connectivity index (χ0) is 25.8. The van der Waals surface area contributed by atoms with Gasteiger partial charge in [0.25, 0.3) is 11.5 Å². The molecule has 2 aromatic heterocycles. The first-order valence-electron chi connectivity index (χ1n) is 12.4. The summed E-state index contributed by atoms with van der Waals surface area (Å²) in [6.45, 7) is 6.63. The van der Waals surface area contributed by atoms with Crippen LogP contribution in [0.3, 0.4) is 0 Å². The summed E-state index contributed by atoms with van der Waals surface area (Å²) in [6, 6.07) is 7.93. The van der Waals surface area contributed by atoms with Gasteiger partial charge in [-0.3, -0.25) is 14.2 Å². The molecule has 1 amide bonds. The first kappa shape index (κ1) is 25.4. The molecule has 3 heterocycles. The van der Waals surface area contributed by atoms with Gasteiger partial charge in [0.2, 0.25) is 5.95 Å². The summed E-state index contributed by atoms with van der Waals surface area (Å²) in [5.74, 6) is 0.364. The van der Waals surface area contributed by atoms with E-state index >= 15 is 0 Å². The van der Waals surface area contributed by atoms with Crippen molar-refractivity contribution in [3.8, 4) is 0 Å². The van der Waals surface area contributed by atoms with Crippen molar-refractivity contribution in [2.75, 3.05) is 42.4 Å². The normalized spacial score (nSPS) is 15.7. The maximum absolute atomic E-state index is 14.1. The fourth-order valence-electron chi connectivity index (χ4n) is 5.32. The Kier molecular flexibility index (Phi) is 7.69. The number of fused-ring (bicyclic) bond motifs is 2. The summed E-state index contributed by atoms with van der Waals surface area (Å²) in [6.07, 6.45) is 8.48. The fourth-order valence-corrected chi connectivity index (χ4v) is 5.32. The van der Waals surface area contributed by atoms with Crippen molar-refractivity contribution in [1.82, 2.24) is 14.5 Å². The average molecular weight is 491 g/mol. The maximum atomic E-state index is 14.1. The molecule has 0 bridgehead atoms. The highest BCUT2D eigenvalue weighted by Gasteiger charge is 2.31. The molecule has 36 heavy (non-hydrogen) atoms. The lowest BCUT2D eigenvalue weighted by molar-refractivity contribution is -0.114. The molecule has 0 saturated heterocycles. The van der Waals surface area contributed by atoms with Gasteiger partial charge in [-0.1, -0.05) is 38.0 Å². The summed E-state index contributed by atoms with van der Waals surface area (Å²) in [5.41, 5.74) is 3.87. The molecular formula is C27H34N6O3. The van der Waals surface area contributed by atoms with Gasteiger partial charge in [0.05, 0.1) is 11.4 Å². The number of nitrogens with one attached hydrogen (secondary N) is 1. The van der Waals surface area contributed by atoms with E-state index in [2.05, 4.69) is 21.9 Å². The molecule has 5 rings (SSSR count). The highest BCUT2D eigenvalue weighted by molar-refractivity contribution is 6.05. The Bertz CT molecular complexity index is 1330. The van der Waals surface area contributed by atoms with Crippen LogP contribution in [0.15, 0.2) is 47.9 Å². The molecule has 0 atom stereocenters. The molecule has 1 aliphatic heterocycles. The number of pyridine rings is 1. The number of amides is 1. The Morgan fingerprint density at radius 3 is 2.61 bits per heavy atom.